The summed E-state index contributed by atoms with van der Waals surface area (Å²) < 4.78 is 13.5. The minimum absolute atomic E-state index is 0.0663. The van der Waals surface area contributed by atoms with Gasteiger partial charge in [-0.3, -0.25) is 0 Å². The second-order valence-corrected chi connectivity index (χ2v) is 5.74. The van der Waals surface area contributed by atoms with Crippen molar-refractivity contribution in [2.75, 3.05) is 19.6 Å². The van der Waals surface area contributed by atoms with Gasteiger partial charge in [-0.05, 0) is 62.4 Å². The van der Waals surface area contributed by atoms with Crippen LogP contribution in [0.3, 0.4) is 0 Å². The molecule has 1 unspecified atom stereocenters. The first-order valence-corrected chi connectivity index (χ1v) is 7.34. The van der Waals surface area contributed by atoms with Crippen molar-refractivity contribution < 1.29 is 4.39 Å². The molecule has 0 aromatic heterocycles. The van der Waals surface area contributed by atoms with E-state index >= 15 is 0 Å². The highest BCUT2D eigenvalue weighted by atomic mass is 19.1. The predicted octanol–water partition coefficient (Wildman–Crippen LogP) is 3.26. The van der Waals surface area contributed by atoms with E-state index in [0.717, 1.165) is 31.0 Å². The van der Waals surface area contributed by atoms with Crippen LogP contribution in [0.1, 0.15) is 43.4 Å². The molecule has 0 spiro atoms. The van der Waals surface area contributed by atoms with Gasteiger partial charge in [0.1, 0.15) is 5.82 Å². The molecule has 1 aliphatic carbocycles. The van der Waals surface area contributed by atoms with Crippen LogP contribution in [-0.2, 0) is 0 Å². The molecule has 2 nitrogen and oxygen atoms in total. The van der Waals surface area contributed by atoms with Gasteiger partial charge in [0, 0.05) is 12.6 Å². The van der Waals surface area contributed by atoms with Crippen molar-refractivity contribution in [3.05, 3.63) is 35.1 Å². The van der Waals surface area contributed by atoms with Crippen LogP contribution in [0.15, 0.2) is 18.2 Å². The SMILES string of the molecule is CCN(CCC(N)c1ccc(C)c(F)c1)CC1CC1. The molecule has 0 saturated heterocycles. The lowest BCUT2D eigenvalue weighted by Crippen LogP contribution is -2.29. The number of rotatable bonds is 7. The zero-order chi connectivity index (χ0) is 13.8. The first-order chi connectivity index (χ1) is 9.10. The molecule has 3 heteroatoms. The minimum Gasteiger partial charge on any atom is -0.324 e. The van der Waals surface area contributed by atoms with Crippen molar-refractivity contribution in [3.63, 3.8) is 0 Å². The van der Waals surface area contributed by atoms with Crippen molar-refractivity contribution in [2.24, 2.45) is 11.7 Å². The highest BCUT2D eigenvalue weighted by Gasteiger charge is 2.23. The molecule has 19 heavy (non-hydrogen) atoms. The zero-order valence-corrected chi connectivity index (χ0v) is 12.0. The van der Waals surface area contributed by atoms with Gasteiger partial charge in [0.15, 0.2) is 0 Å². The van der Waals surface area contributed by atoms with Crippen molar-refractivity contribution in [1.29, 1.82) is 0 Å². The van der Waals surface area contributed by atoms with Crippen molar-refractivity contribution >= 4 is 0 Å². The molecular weight excluding hydrogens is 239 g/mol. The molecule has 2 N–H and O–H groups in total. The van der Waals surface area contributed by atoms with Crippen LogP contribution in [0.4, 0.5) is 4.39 Å². The van der Waals surface area contributed by atoms with Crippen LogP contribution in [0, 0.1) is 18.7 Å². The first kappa shape index (κ1) is 14.5. The summed E-state index contributed by atoms with van der Waals surface area (Å²) in [5.41, 5.74) is 7.76. The number of hydrogen-bond donors (Lipinski definition) is 1. The maximum atomic E-state index is 13.5. The Bertz CT molecular complexity index is 415. The summed E-state index contributed by atoms with van der Waals surface area (Å²) in [5, 5.41) is 0. The number of benzene rings is 1. The number of aryl methyl sites for hydroxylation is 1. The third kappa shape index (κ3) is 4.29. The van der Waals surface area contributed by atoms with E-state index in [1.54, 1.807) is 13.0 Å². The quantitative estimate of drug-likeness (QED) is 0.819. The Morgan fingerprint density at radius 2 is 2.16 bits per heavy atom. The lowest BCUT2D eigenvalue weighted by Gasteiger charge is -2.22. The monoisotopic (exact) mass is 264 g/mol. The van der Waals surface area contributed by atoms with E-state index in [1.807, 2.05) is 12.1 Å². The van der Waals surface area contributed by atoms with Crippen molar-refractivity contribution in [2.45, 2.75) is 39.2 Å². The van der Waals surface area contributed by atoms with E-state index in [1.165, 1.54) is 19.4 Å². The maximum absolute atomic E-state index is 13.5. The fourth-order valence-corrected chi connectivity index (χ4v) is 2.37. The number of hydrogen-bond acceptors (Lipinski definition) is 2. The van der Waals surface area contributed by atoms with E-state index in [-0.39, 0.29) is 11.9 Å². The summed E-state index contributed by atoms with van der Waals surface area (Å²) in [6.07, 6.45) is 3.65. The highest BCUT2D eigenvalue weighted by molar-refractivity contribution is 5.25. The third-order valence-electron chi connectivity index (χ3n) is 4.04. The first-order valence-electron chi connectivity index (χ1n) is 7.34. The van der Waals surface area contributed by atoms with Gasteiger partial charge in [0.25, 0.3) is 0 Å². The molecule has 0 aliphatic heterocycles. The molecule has 0 heterocycles. The average molecular weight is 264 g/mol. The molecule has 1 atom stereocenters. The van der Waals surface area contributed by atoms with Crippen LogP contribution in [-0.4, -0.2) is 24.5 Å². The second-order valence-electron chi connectivity index (χ2n) is 5.74. The smallest absolute Gasteiger partial charge is 0.126 e. The zero-order valence-electron chi connectivity index (χ0n) is 12.0. The molecular formula is C16H25FN2. The van der Waals surface area contributed by atoms with E-state index in [2.05, 4.69) is 11.8 Å². The highest BCUT2D eigenvalue weighted by Crippen LogP contribution is 2.30. The van der Waals surface area contributed by atoms with Gasteiger partial charge < -0.3 is 10.6 Å². The molecule has 106 valence electrons. The Labute approximate surface area is 115 Å². The number of nitrogens with two attached hydrogens (primary N) is 1. The summed E-state index contributed by atoms with van der Waals surface area (Å²) in [5.74, 6) is 0.756. The fourth-order valence-electron chi connectivity index (χ4n) is 2.37. The third-order valence-corrected chi connectivity index (χ3v) is 4.04. The van der Waals surface area contributed by atoms with E-state index in [9.17, 15) is 4.39 Å². The number of halogens is 1. The molecule has 0 radical (unpaired) electrons. The molecule has 1 aromatic rings. The fraction of sp³-hybridized carbons (Fsp3) is 0.625. The Kier molecular flexibility index (Phi) is 4.94. The summed E-state index contributed by atoms with van der Waals surface area (Å²) in [6.45, 7) is 7.25. The topological polar surface area (TPSA) is 29.3 Å². The maximum Gasteiger partial charge on any atom is 0.126 e. The summed E-state index contributed by atoms with van der Waals surface area (Å²) in [7, 11) is 0. The lowest BCUT2D eigenvalue weighted by atomic mass is 10.0. The molecule has 1 fully saturated rings. The summed E-state index contributed by atoms with van der Waals surface area (Å²) >= 11 is 0. The average Bonchev–Trinajstić information content (AvgIpc) is 3.21. The Balaban J connectivity index is 1.84. The Hall–Kier alpha value is -0.930. The van der Waals surface area contributed by atoms with Gasteiger partial charge in [-0.2, -0.15) is 0 Å². The van der Waals surface area contributed by atoms with Gasteiger partial charge in [-0.25, -0.2) is 4.39 Å². The Morgan fingerprint density at radius 1 is 1.42 bits per heavy atom. The normalized spacial score (nSPS) is 16.9. The minimum atomic E-state index is -0.154. The molecule has 0 bridgehead atoms. The van der Waals surface area contributed by atoms with Gasteiger partial charge in [0.05, 0.1) is 0 Å². The van der Waals surface area contributed by atoms with Crippen molar-refractivity contribution in [3.8, 4) is 0 Å². The largest absolute Gasteiger partial charge is 0.324 e. The van der Waals surface area contributed by atoms with Gasteiger partial charge >= 0.3 is 0 Å². The van der Waals surface area contributed by atoms with Crippen LogP contribution < -0.4 is 5.73 Å². The summed E-state index contributed by atoms with van der Waals surface area (Å²) in [6, 6.07) is 5.27. The Morgan fingerprint density at radius 3 is 2.74 bits per heavy atom. The van der Waals surface area contributed by atoms with Crippen LogP contribution in [0.5, 0.6) is 0 Å². The second kappa shape index (κ2) is 6.49. The lowest BCUT2D eigenvalue weighted by molar-refractivity contribution is 0.266. The van der Waals surface area contributed by atoms with Crippen molar-refractivity contribution in [1.82, 2.24) is 4.90 Å². The van der Waals surface area contributed by atoms with Crippen LogP contribution in [0.2, 0.25) is 0 Å². The van der Waals surface area contributed by atoms with Crippen LogP contribution >= 0.6 is 0 Å². The molecule has 1 aromatic carbocycles. The molecule has 2 rings (SSSR count). The van der Waals surface area contributed by atoms with E-state index < -0.39 is 0 Å². The van der Waals surface area contributed by atoms with E-state index in [4.69, 9.17) is 5.73 Å². The molecule has 1 aliphatic rings. The predicted molar refractivity (Wildman–Crippen MR) is 77.5 cm³/mol. The van der Waals surface area contributed by atoms with Gasteiger partial charge in [0.2, 0.25) is 0 Å². The van der Waals surface area contributed by atoms with E-state index in [0.29, 0.717) is 5.56 Å². The molecule has 1 saturated carbocycles. The van der Waals surface area contributed by atoms with Gasteiger partial charge in [-0.15, -0.1) is 0 Å². The number of nitrogens with zero attached hydrogens (tertiary/aromatic N) is 1. The molecule has 0 amide bonds. The van der Waals surface area contributed by atoms with Crippen LogP contribution in [0.25, 0.3) is 0 Å². The standard InChI is InChI=1S/C16H25FN2/c1-3-19(11-13-5-6-13)9-8-16(18)14-7-4-12(2)15(17)10-14/h4,7,10,13,16H,3,5-6,8-9,11,18H2,1-2H3. The summed E-state index contributed by atoms with van der Waals surface area (Å²) in [4.78, 5) is 2.46. The van der Waals surface area contributed by atoms with Gasteiger partial charge in [-0.1, -0.05) is 19.1 Å².